The number of rotatable bonds is 7. The standard InChI is InChI=1S/C30H28N6/c1-20-27(17-23-11-6-4-7-12-23)30(34-21(2)31-20)36-26-16-10-15-25(18-26)35-29-19-28(32-22(3)33-29)24-13-8-5-9-14-24/h4-16,18-19H,17H2,1-3H3,(H,31,34,36)(H,32,33,35). The molecule has 0 spiro atoms. The minimum atomic E-state index is 0.714. The van der Waals surface area contributed by atoms with E-state index in [1.54, 1.807) is 0 Å². The van der Waals surface area contributed by atoms with Gasteiger partial charge in [0.2, 0.25) is 0 Å². The van der Waals surface area contributed by atoms with Gasteiger partial charge >= 0.3 is 0 Å². The summed E-state index contributed by atoms with van der Waals surface area (Å²) in [6.45, 7) is 5.87. The Morgan fingerprint density at radius 3 is 2.03 bits per heavy atom. The molecule has 0 bridgehead atoms. The molecule has 0 amide bonds. The van der Waals surface area contributed by atoms with Crippen LogP contribution in [0.2, 0.25) is 0 Å². The maximum absolute atomic E-state index is 4.73. The maximum Gasteiger partial charge on any atom is 0.137 e. The zero-order chi connectivity index (χ0) is 24.9. The Balaban J connectivity index is 1.41. The minimum absolute atomic E-state index is 0.714. The average Bonchev–Trinajstić information content (AvgIpc) is 2.87. The largest absolute Gasteiger partial charge is 0.340 e. The molecule has 0 aliphatic carbocycles. The lowest BCUT2D eigenvalue weighted by molar-refractivity contribution is 0.965. The highest BCUT2D eigenvalue weighted by Crippen LogP contribution is 2.27. The summed E-state index contributed by atoms with van der Waals surface area (Å²) in [5.41, 5.74) is 7.08. The second-order valence-corrected chi connectivity index (χ2v) is 8.73. The van der Waals surface area contributed by atoms with Gasteiger partial charge < -0.3 is 10.6 Å². The van der Waals surface area contributed by atoms with Gasteiger partial charge in [0.15, 0.2) is 0 Å². The van der Waals surface area contributed by atoms with Gasteiger partial charge in [0.1, 0.15) is 23.3 Å². The molecule has 0 aliphatic rings. The zero-order valence-corrected chi connectivity index (χ0v) is 20.7. The smallest absolute Gasteiger partial charge is 0.137 e. The summed E-state index contributed by atoms with van der Waals surface area (Å²) in [4.78, 5) is 18.5. The van der Waals surface area contributed by atoms with E-state index < -0.39 is 0 Å². The van der Waals surface area contributed by atoms with E-state index in [1.165, 1.54) is 5.56 Å². The van der Waals surface area contributed by atoms with Gasteiger partial charge in [-0.05, 0) is 44.5 Å². The van der Waals surface area contributed by atoms with Crippen LogP contribution in [0.1, 0.15) is 28.5 Å². The van der Waals surface area contributed by atoms with Crippen molar-refractivity contribution in [1.82, 2.24) is 19.9 Å². The molecule has 0 aliphatic heterocycles. The fraction of sp³-hybridized carbons (Fsp3) is 0.133. The number of benzene rings is 3. The third-order valence-electron chi connectivity index (χ3n) is 5.85. The van der Waals surface area contributed by atoms with E-state index in [-0.39, 0.29) is 0 Å². The van der Waals surface area contributed by atoms with Gasteiger partial charge in [0.25, 0.3) is 0 Å². The molecule has 3 aromatic carbocycles. The topological polar surface area (TPSA) is 75.6 Å². The third kappa shape index (κ3) is 5.55. The van der Waals surface area contributed by atoms with Crippen LogP contribution >= 0.6 is 0 Å². The fourth-order valence-electron chi connectivity index (χ4n) is 4.20. The Hall–Kier alpha value is -4.58. The maximum atomic E-state index is 4.73. The Morgan fingerprint density at radius 1 is 0.611 bits per heavy atom. The molecule has 0 radical (unpaired) electrons. The summed E-state index contributed by atoms with van der Waals surface area (Å²) in [6.07, 6.45) is 0.760. The highest BCUT2D eigenvalue weighted by molar-refractivity contribution is 5.70. The van der Waals surface area contributed by atoms with Crippen molar-refractivity contribution in [2.75, 3.05) is 10.6 Å². The van der Waals surface area contributed by atoms with Gasteiger partial charge in [-0.1, -0.05) is 66.7 Å². The van der Waals surface area contributed by atoms with E-state index in [2.05, 4.69) is 68.1 Å². The van der Waals surface area contributed by atoms with Crippen molar-refractivity contribution in [3.63, 3.8) is 0 Å². The molecule has 36 heavy (non-hydrogen) atoms. The molecule has 2 N–H and O–H groups in total. The molecule has 6 nitrogen and oxygen atoms in total. The van der Waals surface area contributed by atoms with Crippen molar-refractivity contribution in [1.29, 1.82) is 0 Å². The summed E-state index contributed by atoms with van der Waals surface area (Å²) in [7, 11) is 0. The molecular formula is C30H28N6. The number of aryl methyl sites for hydroxylation is 3. The summed E-state index contributed by atoms with van der Waals surface area (Å²) >= 11 is 0. The van der Waals surface area contributed by atoms with Crippen LogP contribution in [0.5, 0.6) is 0 Å². The molecule has 2 heterocycles. The van der Waals surface area contributed by atoms with Gasteiger partial charge in [0, 0.05) is 40.7 Å². The molecule has 5 aromatic rings. The number of anilines is 4. The molecule has 5 rings (SSSR count). The number of nitrogens with zero attached hydrogens (tertiary/aromatic N) is 4. The van der Waals surface area contributed by atoms with Crippen molar-refractivity contribution in [2.45, 2.75) is 27.2 Å². The van der Waals surface area contributed by atoms with Crippen molar-refractivity contribution >= 4 is 23.0 Å². The molecule has 0 fully saturated rings. The lowest BCUT2D eigenvalue weighted by Crippen LogP contribution is -2.07. The number of nitrogens with one attached hydrogen (secondary N) is 2. The quantitative estimate of drug-likeness (QED) is 0.267. The minimum Gasteiger partial charge on any atom is -0.340 e. The molecule has 0 saturated carbocycles. The first-order chi connectivity index (χ1) is 17.5. The SMILES string of the molecule is Cc1nc(Nc2cccc(Nc3nc(C)nc(C)c3Cc3ccccc3)c2)cc(-c2ccccc2)n1. The van der Waals surface area contributed by atoms with Gasteiger partial charge in [-0.25, -0.2) is 19.9 Å². The second-order valence-electron chi connectivity index (χ2n) is 8.73. The molecule has 178 valence electrons. The van der Waals surface area contributed by atoms with E-state index in [9.17, 15) is 0 Å². The van der Waals surface area contributed by atoms with E-state index >= 15 is 0 Å². The highest BCUT2D eigenvalue weighted by atomic mass is 15.1. The van der Waals surface area contributed by atoms with Crippen LogP contribution in [0.3, 0.4) is 0 Å². The van der Waals surface area contributed by atoms with E-state index in [0.29, 0.717) is 5.82 Å². The van der Waals surface area contributed by atoms with Crippen LogP contribution in [0.15, 0.2) is 91.0 Å². The van der Waals surface area contributed by atoms with Gasteiger partial charge in [-0.2, -0.15) is 0 Å². The van der Waals surface area contributed by atoms with Crippen LogP contribution in [0, 0.1) is 20.8 Å². The van der Waals surface area contributed by atoms with E-state index in [4.69, 9.17) is 4.98 Å². The Kier molecular flexibility index (Phi) is 6.67. The normalized spacial score (nSPS) is 10.8. The first-order valence-electron chi connectivity index (χ1n) is 12.0. The number of hydrogen-bond donors (Lipinski definition) is 2. The Morgan fingerprint density at radius 2 is 1.28 bits per heavy atom. The van der Waals surface area contributed by atoms with E-state index in [1.807, 2.05) is 69.3 Å². The van der Waals surface area contributed by atoms with Crippen LogP contribution in [0.4, 0.5) is 23.0 Å². The summed E-state index contributed by atoms with van der Waals surface area (Å²) in [5.74, 6) is 3.03. The average molecular weight is 473 g/mol. The van der Waals surface area contributed by atoms with Crippen molar-refractivity contribution < 1.29 is 0 Å². The molecule has 2 aromatic heterocycles. The first kappa shape index (κ1) is 23.2. The first-order valence-corrected chi connectivity index (χ1v) is 12.0. The van der Waals surface area contributed by atoms with Gasteiger partial charge in [-0.15, -0.1) is 0 Å². The zero-order valence-electron chi connectivity index (χ0n) is 20.7. The third-order valence-corrected chi connectivity index (χ3v) is 5.85. The van der Waals surface area contributed by atoms with Crippen molar-refractivity contribution in [3.8, 4) is 11.3 Å². The van der Waals surface area contributed by atoms with Crippen LogP contribution in [0.25, 0.3) is 11.3 Å². The summed E-state index contributed by atoms with van der Waals surface area (Å²) in [6, 6.07) is 30.6. The molecule has 0 saturated heterocycles. The van der Waals surface area contributed by atoms with Crippen molar-refractivity contribution in [2.24, 2.45) is 0 Å². The molecule has 0 unspecified atom stereocenters. The van der Waals surface area contributed by atoms with Crippen LogP contribution < -0.4 is 10.6 Å². The monoisotopic (exact) mass is 472 g/mol. The van der Waals surface area contributed by atoms with E-state index in [0.717, 1.165) is 57.8 Å². The number of hydrogen-bond acceptors (Lipinski definition) is 6. The summed E-state index contributed by atoms with van der Waals surface area (Å²) in [5, 5.41) is 6.96. The Bertz CT molecular complexity index is 1480. The van der Waals surface area contributed by atoms with Crippen molar-refractivity contribution in [3.05, 3.63) is 119 Å². The van der Waals surface area contributed by atoms with Gasteiger partial charge in [0.05, 0.1) is 5.69 Å². The molecular weight excluding hydrogens is 444 g/mol. The van der Waals surface area contributed by atoms with Crippen LogP contribution in [-0.4, -0.2) is 19.9 Å². The predicted molar refractivity (Wildman–Crippen MR) is 146 cm³/mol. The predicted octanol–water partition coefficient (Wildman–Crippen LogP) is 6.94. The lowest BCUT2D eigenvalue weighted by Gasteiger charge is -2.15. The fourth-order valence-corrected chi connectivity index (χ4v) is 4.20. The molecule has 6 heteroatoms. The summed E-state index contributed by atoms with van der Waals surface area (Å²) < 4.78 is 0. The van der Waals surface area contributed by atoms with Gasteiger partial charge in [-0.3, -0.25) is 0 Å². The number of aromatic nitrogens is 4. The Labute approximate surface area is 211 Å². The second kappa shape index (κ2) is 10.4. The highest BCUT2D eigenvalue weighted by Gasteiger charge is 2.12. The molecule has 0 atom stereocenters. The lowest BCUT2D eigenvalue weighted by atomic mass is 10.0. The van der Waals surface area contributed by atoms with Crippen LogP contribution in [-0.2, 0) is 6.42 Å².